The summed E-state index contributed by atoms with van der Waals surface area (Å²) >= 11 is 1.42. The maximum atomic E-state index is 11.2. The number of aromatic nitrogens is 2. The Morgan fingerprint density at radius 2 is 2.18 bits per heavy atom. The predicted molar refractivity (Wildman–Crippen MR) is 71.0 cm³/mol. The van der Waals surface area contributed by atoms with Gasteiger partial charge in [-0.3, -0.25) is 9.36 Å². The smallest absolute Gasteiger partial charge is 0.218 e. The Bertz CT molecular complexity index is 500. The number of nitrogens with zero attached hydrogens (tertiary/aromatic N) is 2. The Balaban J connectivity index is 2.15. The van der Waals surface area contributed by atoms with E-state index in [0.717, 1.165) is 10.8 Å². The van der Waals surface area contributed by atoms with Crippen LogP contribution in [0.15, 0.2) is 47.9 Å². The van der Waals surface area contributed by atoms with E-state index in [1.807, 2.05) is 41.1 Å². The molecule has 1 amide bonds. The molecule has 0 spiro atoms. The quantitative estimate of drug-likeness (QED) is 0.634. The largest absolute Gasteiger partial charge is 0.405 e. The molecule has 2 rings (SSSR count). The number of hydrogen-bond acceptors (Lipinski definition) is 3. The van der Waals surface area contributed by atoms with E-state index in [1.54, 1.807) is 14.2 Å². The van der Waals surface area contributed by atoms with Gasteiger partial charge in [0.1, 0.15) is 0 Å². The molecule has 0 aliphatic carbocycles. The summed E-state index contributed by atoms with van der Waals surface area (Å²) in [5, 5.41) is 3.41. The van der Waals surface area contributed by atoms with Gasteiger partial charge in [0.05, 0.1) is 5.75 Å². The molecule has 2 aromatic rings. The third-order valence-corrected chi connectivity index (χ3v) is 3.22. The van der Waals surface area contributed by atoms with Gasteiger partial charge in [-0.15, -0.1) is 0 Å². The topological polar surface area (TPSA) is 46.9 Å². The third-order valence-electron chi connectivity index (χ3n) is 2.25. The minimum Gasteiger partial charge on any atom is -0.405 e. The van der Waals surface area contributed by atoms with E-state index in [2.05, 4.69) is 10.2 Å². The summed E-state index contributed by atoms with van der Waals surface area (Å²) in [5.41, 5.74) is 1.05. The molecule has 1 aromatic heterocycles. The number of carbonyl (C=O) groups excluding carboxylic acids is 1. The minimum absolute atomic E-state index is 0.00221. The minimum atomic E-state index is -0.00221. The molecule has 0 aliphatic rings. The number of carbonyl (C=O) groups is 1. The van der Waals surface area contributed by atoms with E-state index < -0.39 is 0 Å². The first kappa shape index (κ1) is 11.8. The normalized spacial score (nSPS) is 10.1. The van der Waals surface area contributed by atoms with Crippen molar-refractivity contribution in [3.05, 3.63) is 42.7 Å². The van der Waals surface area contributed by atoms with Gasteiger partial charge in [-0.25, -0.2) is 4.98 Å². The fourth-order valence-corrected chi connectivity index (χ4v) is 2.23. The molecule has 0 fully saturated rings. The van der Waals surface area contributed by atoms with Crippen molar-refractivity contribution in [1.82, 2.24) is 14.8 Å². The lowest BCUT2D eigenvalue weighted by Gasteiger charge is -2.06. The van der Waals surface area contributed by atoms with Gasteiger partial charge < -0.3 is 5.23 Å². The average Bonchev–Trinajstić information content (AvgIpc) is 2.85. The molecule has 1 heterocycles. The van der Waals surface area contributed by atoms with Crippen LogP contribution in [0.25, 0.3) is 5.69 Å². The first-order chi connectivity index (χ1) is 8.31. The lowest BCUT2D eigenvalue weighted by Crippen LogP contribution is -2.21. The second-order valence-electron chi connectivity index (χ2n) is 3.38. The van der Waals surface area contributed by atoms with E-state index in [1.165, 1.54) is 11.8 Å². The SMILES string of the molecule is BNC(=O)CSc1nccn1-c1ccccc1. The molecule has 0 radical (unpaired) electrons. The van der Waals surface area contributed by atoms with Crippen LogP contribution in [-0.2, 0) is 4.79 Å². The van der Waals surface area contributed by atoms with Gasteiger partial charge in [-0.1, -0.05) is 30.0 Å². The fraction of sp³-hybridized carbons (Fsp3) is 0.0909. The van der Waals surface area contributed by atoms with Crippen LogP contribution in [0.1, 0.15) is 0 Å². The predicted octanol–water partition coefficient (Wildman–Crippen LogP) is 0.629. The number of thioether (sulfide) groups is 1. The molecule has 86 valence electrons. The summed E-state index contributed by atoms with van der Waals surface area (Å²) in [6.45, 7) is 0. The molecule has 17 heavy (non-hydrogen) atoms. The molecule has 1 N–H and O–H groups in total. The fourth-order valence-electron chi connectivity index (χ4n) is 1.38. The zero-order valence-corrected chi connectivity index (χ0v) is 10.3. The van der Waals surface area contributed by atoms with Gasteiger partial charge in [-0.2, -0.15) is 0 Å². The van der Waals surface area contributed by atoms with Crippen LogP contribution >= 0.6 is 11.8 Å². The molecule has 1 aromatic carbocycles. The molecule has 0 aliphatic heterocycles. The van der Waals surface area contributed by atoms with E-state index in [0.29, 0.717) is 5.75 Å². The highest BCUT2D eigenvalue weighted by Crippen LogP contribution is 2.19. The van der Waals surface area contributed by atoms with Crippen molar-refractivity contribution < 1.29 is 4.79 Å². The lowest BCUT2D eigenvalue weighted by molar-refractivity contribution is -0.116. The van der Waals surface area contributed by atoms with Crippen molar-refractivity contribution in [3.63, 3.8) is 0 Å². The van der Waals surface area contributed by atoms with Crippen LogP contribution in [0, 0.1) is 0 Å². The summed E-state index contributed by atoms with van der Waals surface area (Å²) in [6.07, 6.45) is 3.63. The van der Waals surface area contributed by atoms with Gasteiger partial charge >= 0.3 is 0 Å². The maximum Gasteiger partial charge on any atom is 0.218 e. The van der Waals surface area contributed by atoms with E-state index in [4.69, 9.17) is 0 Å². The van der Waals surface area contributed by atoms with E-state index >= 15 is 0 Å². The molecule has 0 unspecified atom stereocenters. The zero-order valence-electron chi connectivity index (χ0n) is 9.46. The molecule has 0 bridgehead atoms. The number of amides is 1. The standard InChI is InChI=1S/C11H12BN3OS/c12-14-10(16)8-17-11-13-6-7-15(11)9-4-2-1-3-5-9/h1-7H,8,12H2,(H,14,16). The highest BCUT2D eigenvalue weighted by Gasteiger charge is 2.07. The lowest BCUT2D eigenvalue weighted by atomic mass is 10.3. The van der Waals surface area contributed by atoms with Gasteiger partial charge in [0.2, 0.25) is 13.9 Å². The van der Waals surface area contributed by atoms with Crippen LogP contribution in [0.5, 0.6) is 0 Å². The van der Waals surface area contributed by atoms with Crippen LogP contribution in [0.3, 0.4) is 0 Å². The highest BCUT2D eigenvalue weighted by atomic mass is 32.2. The Morgan fingerprint density at radius 1 is 1.41 bits per heavy atom. The first-order valence-corrected chi connectivity index (χ1v) is 6.22. The summed E-state index contributed by atoms with van der Waals surface area (Å²) in [4.78, 5) is 15.4. The second-order valence-corrected chi connectivity index (χ2v) is 4.32. The molecule has 0 saturated carbocycles. The van der Waals surface area contributed by atoms with Crippen LogP contribution < -0.4 is 5.23 Å². The second kappa shape index (κ2) is 5.59. The number of benzene rings is 1. The number of para-hydroxylation sites is 1. The molecular formula is C11H12BN3OS. The highest BCUT2D eigenvalue weighted by molar-refractivity contribution is 7.99. The molecule has 4 nitrogen and oxygen atoms in total. The Kier molecular flexibility index (Phi) is 3.87. The van der Waals surface area contributed by atoms with Gasteiger partial charge in [-0.05, 0) is 12.1 Å². The molecular weight excluding hydrogens is 233 g/mol. The van der Waals surface area contributed by atoms with Crippen molar-refractivity contribution >= 4 is 25.7 Å². The van der Waals surface area contributed by atoms with Gasteiger partial charge in [0.15, 0.2) is 5.16 Å². The van der Waals surface area contributed by atoms with Crippen LogP contribution in [0.4, 0.5) is 0 Å². The average molecular weight is 245 g/mol. The van der Waals surface area contributed by atoms with Crippen molar-refractivity contribution in [1.29, 1.82) is 0 Å². The van der Waals surface area contributed by atoms with Crippen molar-refractivity contribution in [2.24, 2.45) is 0 Å². The van der Waals surface area contributed by atoms with Crippen molar-refractivity contribution in [3.8, 4) is 5.69 Å². The number of imidazole rings is 1. The monoisotopic (exact) mass is 245 g/mol. The van der Waals surface area contributed by atoms with Crippen LogP contribution in [-0.4, -0.2) is 29.2 Å². The van der Waals surface area contributed by atoms with Gasteiger partial charge in [0.25, 0.3) is 0 Å². The zero-order chi connectivity index (χ0) is 12.1. The molecule has 0 saturated heterocycles. The number of nitrogens with one attached hydrogen (secondary N) is 1. The molecule has 6 heteroatoms. The van der Waals surface area contributed by atoms with Gasteiger partial charge in [0, 0.05) is 18.1 Å². The Hall–Kier alpha value is -1.69. The van der Waals surface area contributed by atoms with Crippen LogP contribution in [0.2, 0.25) is 0 Å². The number of hydrogen-bond donors (Lipinski definition) is 1. The summed E-state index contributed by atoms with van der Waals surface area (Å²) in [7, 11) is 1.63. The van der Waals surface area contributed by atoms with E-state index in [-0.39, 0.29) is 5.91 Å². The van der Waals surface area contributed by atoms with Crippen molar-refractivity contribution in [2.75, 3.05) is 5.75 Å². The first-order valence-electron chi connectivity index (χ1n) is 5.23. The van der Waals surface area contributed by atoms with E-state index in [9.17, 15) is 4.79 Å². The summed E-state index contributed by atoms with van der Waals surface area (Å²) in [6, 6.07) is 9.93. The third kappa shape index (κ3) is 2.91. The number of rotatable bonds is 4. The Morgan fingerprint density at radius 3 is 2.88 bits per heavy atom. The molecule has 0 atom stereocenters. The maximum absolute atomic E-state index is 11.2. The summed E-state index contributed by atoms with van der Waals surface area (Å²) < 4.78 is 1.97. The van der Waals surface area contributed by atoms with Crippen molar-refractivity contribution in [2.45, 2.75) is 5.16 Å². The summed E-state index contributed by atoms with van der Waals surface area (Å²) in [5.74, 6) is 0.373. The Labute approximate surface area is 105 Å².